The number of carbonyl (C=O) groups is 1. The molecule has 3 rings (SSSR count). The third kappa shape index (κ3) is 2.20. The Morgan fingerprint density at radius 2 is 1.90 bits per heavy atom. The van der Waals surface area contributed by atoms with E-state index in [1.165, 1.54) is 10.5 Å². The minimum atomic E-state index is -0.459. The number of likely N-dealkylation sites (tertiary alicyclic amines) is 1. The highest BCUT2D eigenvalue weighted by Crippen LogP contribution is 2.39. The minimum Gasteiger partial charge on any atom is -0.436 e. The second-order valence-corrected chi connectivity index (χ2v) is 5.63. The summed E-state index contributed by atoms with van der Waals surface area (Å²) in [6, 6.07) is 10.5. The molecule has 0 aromatic heterocycles. The lowest BCUT2D eigenvalue weighted by molar-refractivity contribution is 0.0127. The zero-order chi connectivity index (χ0) is 14.2. The first-order valence-electron chi connectivity index (χ1n) is 7.03. The van der Waals surface area contributed by atoms with Gasteiger partial charge in [-0.2, -0.15) is 0 Å². The molecular formula is C16H20N2O2. The first-order valence-corrected chi connectivity index (χ1v) is 7.03. The van der Waals surface area contributed by atoms with Crippen LogP contribution in [0.3, 0.4) is 0 Å². The van der Waals surface area contributed by atoms with Crippen molar-refractivity contribution in [3.63, 3.8) is 0 Å². The van der Waals surface area contributed by atoms with Gasteiger partial charge in [0.15, 0.2) is 5.60 Å². The quantitative estimate of drug-likeness (QED) is 0.829. The maximum absolute atomic E-state index is 11.7. The average molecular weight is 272 g/mol. The lowest BCUT2D eigenvalue weighted by Crippen LogP contribution is -2.45. The molecule has 2 saturated heterocycles. The van der Waals surface area contributed by atoms with E-state index in [1.807, 2.05) is 6.07 Å². The van der Waals surface area contributed by atoms with Gasteiger partial charge in [-0.15, -0.1) is 0 Å². The topological polar surface area (TPSA) is 32.8 Å². The van der Waals surface area contributed by atoms with E-state index in [0.29, 0.717) is 0 Å². The van der Waals surface area contributed by atoms with Crippen molar-refractivity contribution in [1.82, 2.24) is 9.80 Å². The van der Waals surface area contributed by atoms with Gasteiger partial charge in [0.05, 0.1) is 5.70 Å². The fourth-order valence-electron chi connectivity index (χ4n) is 3.01. The molecular weight excluding hydrogens is 252 g/mol. The van der Waals surface area contributed by atoms with Crippen LogP contribution < -0.4 is 0 Å². The van der Waals surface area contributed by atoms with Crippen molar-refractivity contribution in [2.24, 2.45) is 0 Å². The van der Waals surface area contributed by atoms with E-state index in [-0.39, 0.29) is 6.09 Å². The van der Waals surface area contributed by atoms with Crippen LogP contribution >= 0.6 is 0 Å². The maximum atomic E-state index is 11.7. The molecule has 106 valence electrons. The van der Waals surface area contributed by atoms with Gasteiger partial charge in [-0.05, 0) is 5.56 Å². The Bertz CT molecular complexity index is 519. The fraction of sp³-hybridized carbons (Fsp3) is 0.438. The van der Waals surface area contributed by atoms with E-state index < -0.39 is 5.60 Å². The third-order valence-electron chi connectivity index (χ3n) is 4.40. The largest absolute Gasteiger partial charge is 0.436 e. The Kier molecular flexibility index (Phi) is 3.26. The monoisotopic (exact) mass is 272 g/mol. The molecule has 20 heavy (non-hydrogen) atoms. The average Bonchev–Trinajstić information content (AvgIpc) is 2.68. The molecule has 0 bridgehead atoms. The van der Waals surface area contributed by atoms with Crippen LogP contribution in [0.2, 0.25) is 0 Å². The van der Waals surface area contributed by atoms with Crippen LogP contribution in [0, 0.1) is 0 Å². The Morgan fingerprint density at radius 1 is 1.25 bits per heavy atom. The number of benzene rings is 1. The zero-order valence-corrected chi connectivity index (χ0v) is 11.8. The van der Waals surface area contributed by atoms with Crippen LogP contribution in [0.4, 0.5) is 4.79 Å². The normalized spacial score (nSPS) is 22.4. The summed E-state index contributed by atoms with van der Waals surface area (Å²) in [4.78, 5) is 15.6. The van der Waals surface area contributed by atoms with Crippen molar-refractivity contribution in [3.05, 3.63) is 48.2 Å². The molecule has 2 aliphatic heterocycles. The van der Waals surface area contributed by atoms with Crippen molar-refractivity contribution in [2.75, 3.05) is 20.1 Å². The van der Waals surface area contributed by atoms with Crippen LogP contribution in [0.15, 0.2) is 42.6 Å². The molecule has 4 heteroatoms. The predicted octanol–water partition coefficient (Wildman–Crippen LogP) is 2.62. The SMILES string of the molecule is C=C1N(C)C(=O)OC12CCN(Cc1ccccc1)CC2. The van der Waals surface area contributed by atoms with Crippen molar-refractivity contribution in [2.45, 2.75) is 25.0 Å². The number of piperidine rings is 1. The van der Waals surface area contributed by atoms with E-state index in [1.54, 1.807) is 7.05 Å². The standard InChI is InChI=1S/C16H20N2O2/c1-13-16(20-15(19)17(13)2)8-10-18(11-9-16)12-14-6-4-3-5-7-14/h3-7H,1,8-12H2,2H3. The Morgan fingerprint density at radius 3 is 2.45 bits per heavy atom. The molecule has 0 aliphatic carbocycles. The molecule has 0 unspecified atom stereocenters. The number of carbonyl (C=O) groups excluding carboxylic acids is 1. The highest BCUT2D eigenvalue weighted by Gasteiger charge is 2.48. The molecule has 1 amide bonds. The predicted molar refractivity (Wildman–Crippen MR) is 77.1 cm³/mol. The second kappa shape index (κ2) is 4.94. The summed E-state index contributed by atoms with van der Waals surface area (Å²) in [7, 11) is 1.73. The van der Waals surface area contributed by atoms with Gasteiger partial charge >= 0.3 is 6.09 Å². The summed E-state index contributed by atoms with van der Waals surface area (Å²) in [5.74, 6) is 0. The molecule has 2 heterocycles. The summed E-state index contributed by atoms with van der Waals surface area (Å²) in [5, 5.41) is 0. The summed E-state index contributed by atoms with van der Waals surface area (Å²) in [6.45, 7) is 6.84. The highest BCUT2D eigenvalue weighted by atomic mass is 16.6. The molecule has 0 N–H and O–H groups in total. The van der Waals surface area contributed by atoms with Gasteiger partial charge in [0.25, 0.3) is 0 Å². The van der Waals surface area contributed by atoms with Crippen LogP contribution in [0.25, 0.3) is 0 Å². The van der Waals surface area contributed by atoms with E-state index >= 15 is 0 Å². The molecule has 1 aromatic rings. The Labute approximate surface area is 119 Å². The number of likely N-dealkylation sites (N-methyl/N-ethyl adjacent to an activating group) is 1. The molecule has 2 fully saturated rings. The number of nitrogens with zero attached hydrogens (tertiary/aromatic N) is 2. The number of hydrogen-bond acceptors (Lipinski definition) is 3. The van der Waals surface area contributed by atoms with Gasteiger partial charge in [-0.25, -0.2) is 4.79 Å². The first kappa shape index (κ1) is 13.2. The van der Waals surface area contributed by atoms with Crippen molar-refractivity contribution >= 4 is 6.09 Å². The van der Waals surface area contributed by atoms with Crippen LogP contribution in [-0.4, -0.2) is 41.6 Å². The lowest BCUT2D eigenvalue weighted by atomic mass is 9.88. The highest BCUT2D eigenvalue weighted by molar-refractivity contribution is 5.74. The van der Waals surface area contributed by atoms with E-state index in [2.05, 4.69) is 35.7 Å². The second-order valence-electron chi connectivity index (χ2n) is 5.63. The summed E-state index contributed by atoms with van der Waals surface area (Å²) in [6.07, 6.45) is 1.38. The van der Waals surface area contributed by atoms with Crippen molar-refractivity contribution in [3.8, 4) is 0 Å². The van der Waals surface area contributed by atoms with Gasteiger partial charge in [0.1, 0.15) is 0 Å². The van der Waals surface area contributed by atoms with Gasteiger partial charge < -0.3 is 4.74 Å². The fourth-order valence-corrected chi connectivity index (χ4v) is 3.01. The Balaban J connectivity index is 1.63. The zero-order valence-electron chi connectivity index (χ0n) is 11.8. The number of hydrogen-bond donors (Lipinski definition) is 0. The van der Waals surface area contributed by atoms with Gasteiger partial charge in [-0.1, -0.05) is 36.9 Å². The smallest absolute Gasteiger partial charge is 0.414 e. The molecule has 0 radical (unpaired) electrons. The van der Waals surface area contributed by atoms with Gasteiger partial charge in [-0.3, -0.25) is 9.80 Å². The van der Waals surface area contributed by atoms with Crippen LogP contribution in [-0.2, 0) is 11.3 Å². The third-order valence-corrected chi connectivity index (χ3v) is 4.40. The molecule has 1 spiro atoms. The Hall–Kier alpha value is -1.81. The van der Waals surface area contributed by atoms with Crippen molar-refractivity contribution < 1.29 is 9.53 Å². The van der Waals surface area contributed by atoms with Gasteiger partial charge in [0.2, 0.25) is 0 Å². The summed E-state index contributed by atoms with van der Waals surface area (Å²) in [5.41, 5.74) is 1.67. The van der Waals surface area contributed by atoms with E-state index in [0.717, 1.165) is 38.2 Å². The van der Waals surface area contributed by atoms with Crippen molar-refractivity contribution in [1.29, 1.82) is 0 Å². The van der Waals surface area contributed by atoms with E-state index in [9.17, 15) is 4.79 Å². The summed E-state index contributed by atoms with van der Waals surface area (Å²) >= 11 is 0. The first-order chi connectivity index (χ1) is 9.61. The number of ether oxygens (including phenoxy) is 1. The minimum absolute atomic E-state index is 0.272. The molecule has 0 atom stereocenters. The maximum Gasteiger partial charge on any atom is 0.414 e. The molecule has 2 aliphatic rings. The molecule has 4 nitrogen and oxygen atoms in total. The van der Waals surface area contributed by atoms with E-state index in [4.69, 9.17) is 4.74 Å². The summed E-state index contributed by atoms with van der Waals surface area (Å²) < 4.78 is 5.57. The molecule has 0 saturated carbocycles. The lowest BCUT2D eigenvalue weighted by Gasteiger charge is -2.38. The number of rotatable bonds is 2. The van der Waals surface area contributed by atoms with Crippen LogP contribution in [0.1, 0.15) is 18.4 Å². The number of amides is 1. The van der Waals surface area contributed by atoms with Gasteiger partial charge in [0, 0.05) is 39.5 Å². The molecule has 1 aromatic carbocycles. The van der Waals surface area contributed by atoms with Crippen LogP contribution in [0.5, 0.6) is 0 Å².